The number of hydrogen-bond acceptors (Lipinski definition) is 5. The molecular weight excluding hydrogens is 242 g/mol. The van der Waals surface area contributed by atoms with Crippen LogP contribution in [0.25, 0.3) is 0 Å². The Balaban J connectivity index is 2.11. The van der Waals surface area contributed by atoms with Gasteiger partial charge in [0, 0.05) is 38.2 Å². The minimum atomic E-state index is -0.104. The third-order valence-electron chi connectivity index (χ3n) is 3.28. The van der Waals surface area contributed by atoms with Crippen LogP contribution in [-0.2, 0) is 0 Å². The van der Waals surface area contributed by atoms with E-state index in [1.54, 1.807) is 6.07 Å². The van der Waals surface area contributed by atoms with Crippen molar-refractivity contribution >= 4 is 5.82 Å². The van der Waals surface area contributed by atoms with Gasteiger partial charge in [-0.25, -0.2) is 4.98 Å². The smallest absolute Gasteiger partial charge is 0.252 e. The van der Waals surface area contributed by atoms with Crippen molar-refractivity contribution in [1.29, 1.82) is 5.26 Å². The highest BCUT2D eigenvalue weighted by Crippen LogP contribution is 2.14. The van der Waals surface area contributed by atoms with Crippen molar-refractivity contribution in [3.05, 3.63) is 22.2 Å². The molecule has 6 heteroatoms. The van der Waals surface area contributed by atoms with Crippen molar-refractivity contribution < 1.29 is 0 Å². The summed E-state index contributed by atoms with van der Waals surface area (Å²) >= 11 is 0. The summed E-state index contributed by atoms with van der Waals surface area (Å²) in [5.74, 6) is 1.67. The molecule has 19 heavy (non-hydrogen) atoms. The second-order valence-corrected chi connectivity index (χ2v) is 5.06. The number of nitrogens with zero attached hydrogens (tertiary/aromatic N) is 4. The summed E-state index contributed by atoms with van der Waals surface area (Å²) in [7, 11) is 0. The van der Waals surface area contributed by atoms with Crippen molar-refractivity contribution in [3.8, 4) is 6.07 Å². The molecule has 2 heterocycles. The molecule has 0 unspecified atom stereocenters. The lowest BCUT2D eigenvalue weighted by atomic mass is 10.2. The van der Waals surface area contributed by atoms with Gasteiger partial charge in [0.25, 0.3) is 5.56 Å². The fourth-order valence-electron chi connectivity index (χ4n) is 2.13. The molecule has 1 saturated heterocycles. The summed E-state index contributed by atoms with van der Waals surface area (Å²) in [5, 5.41) is 8.67. The van der Waals surface area contributed by atoms with Gasteiger partial charge in [-0.15, -0.1) is 0 Å². The maximum atomic E-state index is 11.6. The molecule has 0 bridgehead atoms. The number of hydrogen-bond donors (Lipinski definition) is 1. The standard InChI is InChI=1S/C13H19N5O/c1-10(2)13-15-11(9-12(19)16-13)18-7-5-17(4-3-14)6-8-18/h9-10H,4-8H2,1-2H3,(H,15,16,19). The van der Waals surface area contributed by atoms with Crippen molar-refractivity contribution in [3.63, 3.8) is 0 Å². The molecule has 1 aromatic rings. The quantitative estimate of drug-likeness (QED) is 0.804. The Hall–Kier alpha value is -1.87. The topological polar surface area (TPSA) is 76.0 Å². The van der Waals surface area contributed by atoms with Gasteiger partial charge in [0.2, 0.25) is 0 Å². The zero-order valence-electron chi connectivity index (χ0n) is 11.4. The number of aromatic amines is 1. The monoisotopic (exact) mass is 261 g/mol. The summed E-state index contributed by atoms with van der Waals surface area (Å²) in [4.78, 5) is 23.1. The summed E-state index contributed by atoms with van der Waals surface area (Å²) in [6, 6.07) is 3.71. The molecule has 1 N–H and O–H groups in total. The van der Waals surface area contributed by atoms with Gasteiger partial charge in [-0.1, -0.05) is 13.8 Å². The third kappa shape index (κ3) is 3.32. The first-order valence-corrected chi connectivity index (χ1v) is 6.55. The first kappa shape index (κ1) is 13.6. The molecule has 0 aliphatic carbocycles. The van der Waals surface area contributed by atoms with E-state index in [0.717, 1.165) is 37.8 Å². The number of nitrogens with one attached hydrogen (secondary N) is 1. The number of rotatable bonds is 3. The average molecular weight is 261 g/mol. The van der Waals surface area contributed by atoms with Crippen molar-refractivity contribution in [1.82, 2.24) is 14.9 Å². The summed E-state index contributed by atoms with van der Waals surface area (Å²) in [6.45, 7) is 7.75. The highest BCUT2D eigenvalue weighted by Gasteiger charge is 2.18. The van der Waals surface area contributed by atoms with E-state index in [9.17, 15) is 4.79 Å². The van der Waals surface area contributed by atoms with Crippen molar-refractivity contribution in [2.45, 2.75) is 19.8 Å². The van der Waals surface area contributed by atoms with Gasteiger partial charge in [-0.05, 0) is 0 Å². The highest BCUT2D eigenvalue weighted by atomic mass is 16.1. The first-order valence-electron chi connectivity index (χ1n) is 6.55. The molecule has 0 aromatic carbocycles. The zero-order valence-corrected chi connectivity index (χ0v) is 11.4. The van der Waals surface area contributed by atoms with Gasteiger partial charge in [-0.3, -0.25) is 9.69 Å². The van der Waals surface area contributed by atoms with Crippen LogP contribution in [0.4, 0.5) is 5.82 Å². The fourth-order valence-corrected chi connectivity index (χ4v) is 2.13. The van der Waals surface area contributed by atoms with E-state index >= 15 is 0 Å². The van der Waals surface area contributed by atoms with Crippen LogP contribution >= 0.6 is 0 Å². The van der Waals surface area contributed by atoms with Crippen LogP contribution in [0.2, 0.25) is 0 Å². The van der Waals surface area contributed by atoms with Crippen LogP contribution in [0.3, 0.4) is 0 Å². The normalized spacial score (nSPS) is 16.6. The predicted molar refractivity (Wildman–Crippen MR) is 73.2 cm³/mol. The molecule has 0 radical (unpaired) electrons. The van der Waals surface area contributed by atoms with E-state index in [4.69, 9.17) is 5.26 Å². The van der Waals surface area contributed by atoms with Crippen LogP contribution in [-0.4, -0.2) is 47.6 Å². The van der Waals surface area contributed by atoms with Gasteiger partial charge >= 0.3 is 0 Å². The van der Waals surface area contributed by atoms with Crippen LogP contribution in [0.15, 0.2) is 10.9 Å². The fraction of sp³-hybridized carbons (Fsp3) is 0.615. The molecule has 102 valence electrons. The Morgan fingerprint density at radius 2 is 2.11 bits per heavy atom. The minimum absolute atomic E-state index is 0.104. The van der Waals surface area contributed by atoms with E-state index < -0.39 is 0 Å². The average Bonchev–Trinajstić information content (AvgIpc) is 2.39. The van der Waals surface area contributed by atoms with Crippen molar-refractivity contribution in [2.24, 2.45) is 0 Å². The summed E-state index contributed by atoms with van der Waals surface area (Å²) in [5.41, 5.74) is -0.104. The summed E-state index contributed by atoms with van der Waals surface area (Å²) < 4.78 is 0. The number of anilines is 1. The second kappa shape index (κ2) is 5.85. The number of nitriles is 1. The van der Waals surface area contributed by atoms with E-state index in [0.29, 0.717) is 6.54 Å². The number of piperazine rings is 1. The molecular formula is C13H19N5O. The molecule has 2 rings (SSSR count). The third-order valence-corrected chi connectivity index (χ3v) is 3.28. The maximum absolute atomic E-state index is 11.6. The van der Waals surface area contributed by atoms with E-state index in [1.807, 2.05) is 13.8 Å². The first-order chi connectivity index (χ1) is 9.10. The Kier molecular flexibility index (Phi) is 4.17. The molecule has 6 nitrogen and oxygen atoms in total. The van der Waals surface area contributed by atoms with Gasteiger partial charge in [-0.2, -0.15) is 5.26 Å². The SMILES string of the molecule is CC(C)c1nc(N2CCN(CC#N)CC2)cc(=O)[nH]1. The molecule has 0 amide bonds. The highest BCUT2D eigenvalue weighted by molar-refractivity contribution is 5.38. The minimum Gasteiger partial charge on any atom is -0.354 e. The summed E-state index contributed by atoms with van der Waals surface area (Å²) in [6.07, 6.45) is 0. The van der Waals surface area contributed by atoms with E-state index in [-0.39, 0.29) is 11.5 Å². The Bertz CT molecular complexity index is 523. The lowest BCUT2D eigenvalue weighted by Crippen LogP contribution is -2.47. The lowest BCUT2D eigenvalue weighted by molar-refractivity contribution is 0.286. The Labute approximate surface area is 112 Å². The largest absolute Gasteiger partial charge is 0.354 e. The lowest BCUT2D eigenvalue weighted by Gasteiger charge is -2.34. The molecule has 1 aromatic heterocycles. The maximum Gasteiger partial charge on any atom is 0.252 e. The van der Waals surface area contributed by atoms with Gasteiger partial charge in [0.15, 0.2) is 0 Å². The number of aromatic nitrogens is 2. The van der Waals surface area contributed by atoms with Crippen LogP contribution in [0.5, 0.6) is 0 Å². The van der Waals surface area contributed by atoms with Gasteiger partial charge in [0.05, 0.1) is 12.6 Å². The van der Waals surface area contributed by atoms with E-state index in [1.165, 1.54) is 0 Å². The molecule has 1 aliphatic rings. The molecule has 0 spiro atoms. The van der Waals surface area contributed by atoms with Gasteiger partial charge < -0.3 is 9.88 Å². The Morgan fingerprint density at radius 3 is 2.68 bits per heavy atom. The Morgan fingerprint density at radius 1 is 1.42 bits per heavy atom. The molecule has 1 aliphatic heterocycles. The van der Waals surface area contributed by atoms with Crippen molar-refractivity contribution in [2.75, 3.05) is 37.6 Å². The number of H-pyrrole nitrogens is 1. The molecule has 0 saturated carbocycles. The molecule has 1 fully saturated rings. The second-order valence-electron chi connectivity index (χ2n) is 5.06. The van der Waals surface area contributed by atoms with Gasteiger partial charge in [0.1, 0.15) is 11.6 Å². The predicted octanol–water partition coefficient (Wildman–Crippen LogP) is 0.539. The van der Waals surface area contributed by atoms with E-state index in [2.05, 4.69) is 25.8 Å². The van der Waals surface area contributed by atoms with Crippen LogP contribution in [0, 0.1) is 11.3 Å². The van der Waals surface area contributed by atoms with Crippen LogP contribution in [0.1, 0.15) is 25.6 Å². The zero-order chi connectivity index (χ0) is 13.8. The molecule has 0 atom stereocenters. The van der Waals surface area contributed by atoms with Crippen LogP contribution < -0.4 is 10.5 Å².